The van der Waals surface area contributed by atoms with Gasteiger partial charge < -0.3 is 5.11 Å². The molecule has 23 heavy (non-hydrogen) atoms. The molecule has 0 radical (unpaired) electrons. The zero-order valence-electron chi connectivity index (χ0n) is 11.7. The maximum absolute atomic E-state index is 14.3. The molecule has 3 aromatic rings. The van der Waals surface area contributed by atoms with E-state index in [2.05, 4.69) is 0 Å². The molecule has 116 valence electrons. The molecule has 0 aliphatic rings. The lowest BCUT2D eigenvalue weighted by atomic mass is 9.98. The van der Waals surface area contributed by atoms with E-state index in [4.69, 9.17) is 0 Å². The summed E-state index contributed by atoms with van der Waals surface area (Å²) in [5.41, 5.74) is -0.394. The van der Waals surface area contributed by atoms with E-state index in [1.54, 1.807) is 0 Å². The van der Waals surface area contributed by atoms with Crippen molar-refractivity contribution in [3.05, 3.63) is 77.9 Å². The van der Waals surface area contributed by atoms with Crippen molar-refractivity contribution in [1.82, 2.24) is 0 Å². The summed E-state index contributed by atoms with van der Waals surface area (Å²) in [5, 5.41) is 9.23. The molecule has 1 N–H and O–H groups in total. The van der Waals surface area contributed by atoms with Crippen molar-refractivity contribution in [1.29, 1.82) is 0 Å². The third-order valence-electron chi connectivity index (χ3n) is 3.50. The second-order valence-electron chi connectivity index (χ2n) is 4.94. The minimum absolute atomic E-state index is 0.00641. The summed E-state index contributed by atoms with van der Waals surface area (Å²) >= 11 is 0. The van der Waals surface area contributed by atoms with E-state index in [0.717, 1.165) is 6.07 Å². The first-order chi connectivity index (χ1) is 11.0. The highest BCUT2D eigenvalue weighted by Gasteiger charge is 2.19. The molecule has 0 saturated carbocycles. The van der Waals surface area contributed by atoms with Gasteiger partial charge in [0.2, 0.25) is 0 Å². The van der Waals surface area contributed by atoms with E-state index in [1.165, 1.54) is 48.5 Å². The number of phenols is 1. The molecule has 0 spiro atoms. The van der Waals surface area contributed by atoms with Gasteiger partial charge in [0.05, 0.1) is 0 Å². The van der Waals surface area contributed by atoms with Gasteiger partial charge in [-0.1, -0.05) is 36.4 Å². The van der Waals surface area contributed by atoms with Gasteiger partial charge in [0, 0.05) is 16.7 Å². The SMILES string of the molecule is Oc1ccc(-c2ccc(-c3cccc(F)c3F)c(F)c2F)cc1. The van der Waals surface area contributed by atoms with Crippen molar-refractivity contribution in [3.63, 3.8) is 0 Å². The first kappa shape index (κ1) is 15.1. The predicted molar refractivity (Wildman–Crippen MR) is 78.8 cm³/mol. The number of rotatable bonds is 2. The second-order valence-corrected chi connectivity index (χ2v) is 4.94. The van der Waals surface area contributed by atoms with Crippen molar-refractivity contribution >= 4 is 0 Å². The minimum Gasteiger partial charge on any atom is -0.508 e. The molecule has 0 unspecified atom stereocenters. The van der Waals surface area contributed by atoms with Crippen LogP contribution in [0.25, 0.3) is 22.3 Å². The lowest BCUT2D eigenvalue weighted by Gasteiger charge is -2.10. The standard InChI is InChI=1S/C18H10F4O/c19-15-3-1-2-13(16(15)20)14-9-8-12(17(21)18(14)22)10-4-6-11(23)7-5-10/h1-9,23H. The quantitative estimate of drug-likeness (QED) is 0.637. The van der Waals surface area contributed by atoms with Crippen LogP contribution >= 0.6 is 0 Å². The van der Waals surface area contributed by atoms with E-state index in [-0.39, 0.29) is 22.4 Å². The summed E-state index contributed by atoms with van der Waals surface area (Å²) in [6.45, 7) is 0. The van der Waals surface area contributed by atoms with E-state index in [0.29, 0.717) is 5.56 Å². The highest BCUT2D eigenvalue weighted by atomic mass is 19.2. The fraction of sp³-hybridized carbons (Fsp3) is 0. The summed E-state index contributed by atoms with van der Waals surface area (Å²) < 4.78 is 55.7. The Bertz CT molecular complexity index is 873. The van der Waals surface area contributed by atoms with Crippen molar-refractivity contribution in [3.8, 4) is 28.0 Å². The third kappa shape index (κ3) is 2.65. The fourth-order valence-corrected chi connectivity index (χ4v) is 2.33. The molecule has 3 rings (SSSR count). The Kier molecular flexibility index (Phi) is 3.78. The molecule has 0 bridgehead atoms. The topological polar surface area (TPSA) is 20.2 Å². The maximum atomic E-state index is 14.3. The molecule has 0 atom stereocenters. The first-order valence-corrected chi connectivity index (χ1v) is 6.71. The zero-order valence-corrected chi connectivity index (χ0v) is 11.7. The number of phenolic OH excluding ortho intramolecular Hbond substituents is 1. The van der Waals surface area contributed by atoms with E-state index in [1.807, 2.05) is 0 Å². The number of halogens is 4. The summed E-state index contributed by atoms with van der Waals surface area (Å²) in [7, 11) is 0. The Morgan fingerprint density at radius 2 is 1.13 bits per heavy atom. The fourth-order valence-electron chi connectivity index (χ4n) is 2.33. The van der Waals surface area contributed by atoms with Crippen molar-refractivity contribution in [2.75, 3.05) is 0 Å². The molecule has 0 heterocycles. The zero-order chi connectivity index (χ0) is 16.6. The molecule has 0 saturated heterocycles. The highest BCUT2D eigenvalue weighted by Crippen LogP contribution is 2.33. The number of aromatic hydroxyl groups is 1. The molecule has 0 amide bonds. The van der Waals surface area contributed by atoms with Gasteiger partial charge in [-0.25, -0.2) is 17.6 Å². The van der Waals surface area contributed by atoms with Gasteiger partial charge in [-0.15, -0.1) is 0 Å². The van der Waals surface area contributed by atoms with Crippen LogP contribution in [-0.2, 0) is 0 Å². The van der Waals surface area contributed by atoms with Crippen LogP contribution in [0, 0.1) is 23.3 Å². The summed E-state index contributed by atoms with van der Waals surface area (Å²) in [4.78, 5) is 0. The lowest BCUT2D eigenvalue weighted by molar-refractivity contribution is 0.475. The maximum Gasteiger partial charge on any atom is 0.167 e. The molecule has 0 aliphatic carbocycles. The molecule has 0 fully saturated rings. The van der Waals surface area contributed by atoms with E-state index < -0.39 is 23.3 Å². The van der Waals surface area contributed by atoms with Crippen molar-refractivity contribution in [2.45, 2.75) is 0 Å². The van der Waals surface area contributed by atoms with Crippen LogP contribution in [-0.4, -0.2) is 5.11 Å². The number of hydrogen-bond acceptors (Lipinski definition) is 1. The lowest BCUT2D eigenvalue weighted by Crippen LogP contribution is -1.97. The highest BCUT2D eigenvalue weighted by molar-refractivity contribution is 5.72. The van der Waals surface area contributed by atoms with Crippen LogP contribution in [0.2, 0.25) is 0 Å². The smallest absolute Gasteiger partial charge is 0.167 e. The van der Waals surface area contributed by atoms with Crippen molar-refractivity contribution in [2.24, 2.45) is 0 Å². The van der Waals surface area contributed by atoms with Crippen LogP contribution in [0.3, 0.4) is 0 Å². The Morgan fingerprint density at radius 1 is 0.565 bits per heavy atom. The Balaban J connectivity index is 2.15. The first-order valence-electron chi connectivity index (χ1n) is 6.71. The molecular formula is C18H10F4O. The van der Waals surface area contributed by atoms with Gasteiger partial charge in [0.25, 0.3) is 0 Å². The molecular weight excluding hydrogens is 308 g/mol. The minimum atomic E-state index is -1.26. The van der Waals surface area contributed by atoms with Crippen molar-refractivity contribution < 1.29 is 22.7 Å². The second kappa shape index (κ2) is 5.76. The van der Waals surface area contributed by atoms with Crippen LogP contribution in [0.4, 0.5) is 17.6 Å². The normalized spacial score (nSPS) is 10.8. The largest absolute Gasteiger partial charge is 0.508 e. The van der Waals surface area contributed by atoms with E-state index in [9.17, 15) is 22.7 Å². The Morgan fingerprint density at radius 3 is 1.83 bits per heavy atom. The van der Waals surface area contributed by atoms with Gasteiger partial charge in [0.1, 0.15) is 5.75 Å². The van der Waals surface area contributed by atoms with Crippen LogP contribution in [0.5, 0.6) is 5.75 Å². The monoisotopic (exact) mass is 318 g/mol. The van der Waals surface area contributed by atoms with Gasteiger partial charge in [-0.05, 0) is 23.8 Å². The molecule has 0 aromatic heterocycles. The Labute approximate surface area is 129 Å². The van der Waals surface area contributed by atoms with Gasteiger partial charge >= 0.3 is 0 Å². The summed E-state index contributed by atoms with van der Waals surface area (Å²) in [5.74, 6) is -4.81. The van der Waals surface area contributed by atoms with E-state index >= 15 is 0 Å². The molecule has 5 heteroatoms. The molecule has 0 aliphatic heterocycles. The average Bonchev–Trinajstić information content (AvgIpc) is 2.54. The van der Waals surface area contributed by atoms with Crippen LogP contribution in [0.15, 0.2) is 54.6 Å². The summed E-state index contributed by atoms with van der Waals surface area (Å²) in [6, 6.07) is 11.3. The van der Waals surface area contributed by atoms with Gasteiger partial charge in [0.15, 0.2) is 23.3 Å². The predicted octanol–water partition coefficient (Wildman–Crippen LogP) is 5.28. The Hall–Kier alpha value is -2.82. The van der Waals surface area contributed by atoms with Gasteiger partial charge in [-0.3, -0.25) is 0 Å². The number of benzene rings is 3. The molecule has 3 aromatic carbocycles. The molecule has 1 nitrogen and oxygen atoms in total. The van der Waals surface area contributed by atoms with Crippen LogP contribution < -0.4 is 0 Å². The number of hydrogen-bond donors (Lipinski definition) is 1. The summed E-state index contributed by atoms with van der Waals surface area (Å²) in [6.07, 6.45) is 0. The average molecular weight is 318 g/mol. The van der Waals surface area contributed by atoms with Crippen LogP contribution in [0.1, 0.15) is 0 Å². The van der Waals surface area contributed by atoms with Gasteiger partial charge in [-0.2, -0.15) is 0 Å². The third-order valence-corrected chi connectivity index (χ3v) is 3.50.